The van der Waals surface area contributed by atoms with Crippen molar-refractivity contribution in [1.29, 1.82) is 0 Å². The minimum Gasteiger partial charge on any atom is -0.492 e. The molecule has 0 aliphatic carbocycles. The largest absolute Gasteiger partial charge is 0.492 e. The van der Waals surface area contributed by atoms with E-state index in [0.29, 0.717) is 12.2 Å². The second-order valence-corrected chi connectivity index (χ2v) is 4.59. The van der Waals surface area contributed by atoms with Crippen LogP contribution in [0.2, 0.25) is 0 Å². The Morgan fingerprint density at radius 1 is 1.20 bits per heavy atom. The topological polar surface area (TPSA) is 42.4 Å². The van der Waals surface area contributed by atoms with E-state index in [0.717, 1.165) is 30.8 Å². The molecule has 0 saturated heterocycles. The van der Waals surface area contributed by atoms with Crippen molar-refractivity contribution >= 4 is 6.29 Å². The van der Waals surface area contributed by atoms with E-state index < -0.39 is 0 Å². The molecule has 4 nitrogen and oxygen atoms in total. The van der Waals surface area contributed by atoms with Crippen molar-refractivity contribution in [3.8, 4) is 5.75 Å². The number of pyridine rings is 1. The molecular formula is C16H18N2O2. The summed E-state index contributed by atoms with van der Waals surface area (Å²) >= 11 is 0. The predicted molar refractivity (Wildman–Crippen MR) is 77.9 cm³/mol. The summed E-state index contributed by atoms with van der Waals surface area (Å²) in [6.45, 7) is 2.21. The Balaban J connectivity index is 1.73. The van der Waals surface area contributed by atoms with Crippen LogP contribution >= 0.6 is 0 Å². The van der Waals surface area contributed by atoms with Crippen molar-refractivity contribution in [2.45, 2.75) is 6.54 Å². The third kappa shape index (κ3) is 4.48. The summed E-state index contributed by atoms with van der Waals surface area (Å²) in [5.41, 5.74) is 1.70. The molecule has 0 aliphatic rings. The molecule has 2 aromatic rings. The summed E-state index contributed by atoms with van der Waals surface area (Å²) < 4.78 is 5.64. The fraction of sp³-hybridized carbons (Fsp3) is 0.250. The van der Waals surface area contributed by atoms with Crippen LogP contribution in [-0.4, -0.2) is 36.4 Å². The summed E-state index contributed by atoms with van der Waals surface area (Å²) in [6, 6.07) is 13.0. The monoisotopic (exact) mass is 270 g/mol. The highest BCUT2D eigenvalue weighted by Gasteiger charge is 2.01. The van der Waals surface area contributed by atoms with Gasteiger partial charge in [0, 0.05) is 24.8 Å². The normalized spacial score (nSPS) is 10.5. The molecule has 20 heavy (non-hydrogen) atoms. The Bertz CT molecular complexity index is 526. The molecule has 0 radical (unpaired) electrons. The number of aromatic nitrogens is 1. The zero-order valence-corrected chi connectivity index (χ0v) is 11.5. The van der Waals surface area contributed by atoms with Crippen LogP contribution in [0.25, 0.3) is 0 Å². The Labute approximate surface area is 119 Å². The molecule has 1 aromatic carbocycles. The second-order valence-electron chi connectivity index (χ2n) is 4.59. The average molecular weight is 270 g/mol. The Kier molecular flexibility index (Phi) is 5.26. The summed E-state index contributed by atoms with van der Waals surface area (Å²) in [5.74, 6) is 0.779. The molecule has 2 rings (SSSR count). The lowest BCUT2D eigenvalue weighted by atomic mass is 10.2. The number of hydrogen-bond acceptors (Lipinski definition) is 4. The predicted octanol–water partition coefficient (Wildman–Crippen LogP) is 2.40. The highest BCUT2D eigenvalue weighted by atomic mass is 16.5. The van der Waals surface area contributed by atoms with E-state index in [9.17, 15) is 4.79 Å². The lowest BCUT2D eigenvalue weighted by Gasteiger charge is -2.16. The fourth-order valence-corrected chi connectivity index (χ4v) is 1.81. The van der Waals surface area contributed by atoms with Crippen LogP contribution < -0.4 is 4.74 Å². The van der Waals surface area contributed by atoms with E-state index in [1.807, 2.05) is 37.4 Å². The first-order valence-corrected chi connectivity index (χ1v) is 6.54. The van der Waals surface area contributed by atoms with Gasteiger partial charge in [-0.3, -0.25) is 14.7 Å². The summed E-state index contributed by atoms with van der Waals surface area (Å²) in [6.07, 6.45) is 2.62. The maximum atomic E-state index is 10.5. The van der Waals surface area contributed by atoms with Gasteiger partial charge in [-0.2, -0.15) is 0 Å². The quantitative estimate of drug-likeness (QED) is 0.725. The molecule has 0 aliphatic heterocycles. The minimum absolute atomic E-state index is 0.601. The average Bonchev–Trinajstić information content (AvgIpc) is 2.49. The summed E-state index contributed by atoms with van der Waals surface area (Å²) in [7, 11) is 2.04. The van der Waals surface area contributed by atoms with Crippen LogP contribution in [0.15, 0.2) is 48.7 Å². The number of carbonyl (C=O) groups excluding carboxylic acids is 1. The van der Waals surface area contributed by atoms with E-state index in [-0.39, 0.29) is 0 Å². The number of benzene rings is 1. The van der Waals surface area contributed by atoms with E-state index in [1.54, 1.807) is 18.3 Å². The number of carbonyl (C=O) groups is 1. The van der Waals surface area contributed by atoms with Crippen LogP contribution in [0, 0.1) is 0 Å². The van der Waals surface area contributed by atoms with E-state index in [1.165, 1.54) is 0 Å². The number of aldehydes is 1. The molecule has 0 fully saturated rings. The molecule has 0 spiro atoms. The van der Waals surface area contributed by atoms with E-state index in [4.69, 9.17) is 4.74 Å². The maximum absolute atomic E-state index is 10.5. The van der Waals surface area contributed by atoms with Gasteiger partial charge in [-0.05, 0) is 43.4 Å². The Morgan fingerprint density at radius 2 is 2.00 bits per heavy atom. The Hall–Kier alpha value is -2.20. The zero-order chi connectivity index (χ0) is 14.2. The van der Waals surface area contributed by atoms with Gasteiger partial charge in [-0.15, -0.1) is 0 Å². The van der Waals surface area contributed by atoms with Crippen LogP contribution in [0.4, 0.5) is 0 Å². The lowest BCUT2D eigenvalue weighted by molar-refractivity contribution is 0.112. The van der Waals surface area contributed by atoms with Gasteiger partial charge in [0.25, 0.3) is 0 Å². The molecule has 1 aromatic heterocycles. The lowest BCUT2D eigenvalue weighted by Crippen LogP contribution is -2.24. The molecule has 0 unspecified atom stereocenters. The van der Waals surface area contributed by atoms with Crippen molar-refractivity contribution in [2.75, 3.05) is 20.2 Å². The highest BCUT2D eigenvalue weighted by Crippen LogP contribution is 2.11. The molecule has 0 saturated carbocycles. The summed E-state index contributed by atoms with van der Waals surface area (Å²) in [5, 5.41) is 0. The first-order valence-electron chi connectivity index (χ1n) is 6.54. The van der Waals surface area contributed by atoms with Gasteiger partial charge in [0.15, 0.2) is 0 Å². The van der Waals surface area contributed by atoms with Crippen LogP contribution in [0.5, 0.6) is 5.75 Å². The smallest absolute Gasteiger partial charge is 0.150 e. The molecule has 0 atom stereocenters. The molecule has 0 N–H and O–H groups in total. The molecule has 4 heteroatoms. The van der Waals surface area contributed by atoms with Crippen molar-refractivity contribution in [3.63, 3.8) is 0 Å². The first kappa shape index (κ1) is 14.2. The van der Waals surface area contributed by atoms with Gasteiger partial charge in [0.1, 0.15) is 18.6 Å². The van der Waals surface area contributed by atoms with Gasteiger partial charge in [-0.25, -0.2) is 0 Å². The van der Waals surface area contributed by atoms with Crippen LogP contribution in [0.1, 0.15) is 16.1 Å². The number of nitrogens with zero attached hydrogens (tertiary/aromatic N) is 2. The van der Waals surface area contributed by atoms with Crippen molar-refractivity contribution in [3.05, 3.63) is 59.9 Å². The van der Waals surface area contributed by atoms with Crippen molar-refractivity contribution in [2.24, 2.45) is 0 Å². The molecule has 1 heterocycles. The van der Waals surface area contributed by atoms with Crippen molar-refractivity contribution < 1.29 is 9.53 Å². The number of hydrogen-bond donors (Lipinski definition) is 0. The minimum atomic E-state index is 0.601. The third-order valence-corrected chi connectivity index (χ3v) is 2.92. The number of ether oxygens (including phenoxy) is 1. The number of likely N-dealkylation sites (N-methyl/N-ethyl adjacent to an activating group) is 1. The Morgan fingerprint density at radius 3 is 2.65 bits per heavy atom. The van der Waals surface area contributed by atoms with E-state index >= 15 is 0 Å². The molecule has 104 valence electrons. The third-order valence-electron chi connectivity index (χ3n) is 2.92. The van der Waals surface area contributed by atoms with Gasteiger partial charge in [0.2, 0.25) is 0 Å². The highest BCUT2D eigenvalue weighted by molar-refractivity contribution is 5.74. The van der Waals surface area contributed by atoms with Gasteiger partial charge < -0.3 is 4.74 Å². The molecular weight excluding hydrogens is 252 g/mol. The first-order chi connectivity index (χ1) is 9.78. The van der Waals surface area contributed by atoms with Crippen LogP contribution in [-0.2, 0) is 6.54 Å². The van der Waals surface area contributed by atoms with E-state index in [2.05, 4.69) is 9.88 Å². The molecule has 0 amide bonds. The standard InChI is InChI=1S/C16H18N2O2/c1-18(12-15-4-2-3-9-17-15)10-11-20-16-7-5-14(13-19)6-8-16/h2-9,13H,10-12H2,1H3. The molecule has 0 bridgehead atoms. The van der Waals surface area contributed by atoms with Gasteiger partial charge >= 0.3 is 0 Å². The fourth-order valence-electron chi connectivity index (χ4n) is 1.81. The van der Waals surface area contributed by atoms with Crippen LogP contribution in [0.3, 0.4) is 0 Å². The SMILES string of the molecule is CN(CCOc1ccc(C=O)cc1)Cc1ccccn1. The van der Waals surface area contributed by atoms with Crippen molar-refractivity contribution in [1.82, 2.24) is 9.88 Å². The number of rotatable bonds is 7. The van der Waals surface area contributed by atoms with Gasteiger partial charge in [-0.1, -0.05) is 6.07 Å². The maximum Gasteiger partial charge on any atom is 0.150 e. The summed E-state index contributed by atoms with van der Waals surface area (Å²) in [4.78, 5) is 17.0. The zero-order valence-electron chi connectivity index (χ0n) is 11.5. The van der Waals surface area contributed by atoms with Gasteiger partial charge in [0.05, 0.1) is 5.69 Å². The second kappa shape index (κ2) is 7.40.